The molecule has 1 atom stereocenters. The van der Waals surface area contributed by atoms with Gasteiger partial charge in [0.25, 0.3) is 0 Å². The van der Waals surface area contributed by atoms with Crippen LogP contribution < -0.4 is 10.6 Å². The van der Waals surface area contributed by atoms with E-state index in [2.05, 4.69) is 10.6 Å². The third-order valence-electron chi connectivity index (χ3n) is 3.77. The van der Waals surface area contributed by atoms with Crippen LogP contribution in [0, 0.1) is 11.7 Å². The van der Waals surface area contributed by atoms with Gasteiger partial charge in [0.1, 0.15) is 5.82 Å². The van der Waals surface area contributed by atoms with Gasteiger partial charge in [0, 0.05) is 13.2 Å². The summed E-state index contributed by atoms with van der Waals surface area (Å²) in [5.74, 6) is -0.589. The fourth-order valence-corrected chi connectivity index (χ4v) is 2.61. The highest BCUT2D eigenvalue weighted by molar-refractivity contribution is 5.93. The van der Waals surface area contributed by atoms with Crippen LogP contribution in [0.25, 0.3) is 0 Å². The summed E-state index contributed by atoms with van der Waals surface area (Å²) in [5.41, 5.74) is 1.99. The lowest BCUT2D eigenvalue weighted by molar-refractivity contribution is -0.119. The van der Waals surface area contributed by atoms with Crippen LogP contribution in [0.3, 0.4) is 0 Å². The Kier molecular flexibility index (Phi) is 4.96. The van der Waals surface area contributed by atoms with Gasteiger partial charge in [0.2, 0.25) is 5.91 Å². The lowest BCUT2D eigenvalue weighted by atomic mass is 9.99. The average molecular weight is 301 g/mol. The molecule has 1 unspecified atom stereocenters. The first-order chi connectivity index (χ1) is 9.25. The van der Waals surface area contributed by atoms with Gasteiger partial charge in [-0.25, -0.2) is 4.39 Å². The molecule has 1 aromatic carbocycles. The summed E-state index contributed by atoms with van der Waals surface area (Å²) in [6.45, 7) is 2.51. The second-order valence-electron chi connectivity index (χ2n) is 5.04. The molecule has 2 N–H and O–H groups in total. The zero-order valence-electron chi connectivity index (χ0n) is 11.1. The van der Waals surface area contributed by atoms with Crippen molar-refractivity contribution in [2.45, 2.75) is 19.4 Å². The van der Waals surface area contributed by atoms with E-state index < -0.39 is 0 Å². The molecule has 1 fully saturated rings. The maximum Gasteiger partial charge on any atom is 0.229 e. The van der Waals surface area contributed by atoms with E-state index in [1.165, 1.54) is 0 Å². The van der Waals surface area contributed by atoms with E-state index in [1.54, 1.807) is 6.07 Å². The molecule has 2 aliphatic rings. The highest BCUT2D eigenvalue weighted by Crippen LogP contribution is 2.25. The third-order valence-corrected chi connectivity index (χ3v) is 3.77. The fourth-order valence-electron chi connectivity index (χ4n) is 2.61. The molecular formula is C14H18ClFN2O2. The van der Waals surface area contributed by atoms with E-state index in [4.69, 9.17) is 4.74 Å². The van der Waals surface area contributed by atoms with Gasteiger partial charge in [-0.2, -0.15) is 0 Å². The maximum absolute atomic E-state index is 14.3. The van der Waals surface area contributed by atoms with Gasteiger partial charge < -0.3 is 15.4 Å². The summed E-state index contributed by atoms with van der Waals surface area (Å²) in [6, 6.07) is 3.53. The van der Waals surface area contributed by atoms with Gasteiger partial charge >= 0.3 is 0 Å². The van der Waals surface area contributed by atoms with E-state index in [1.807, 2.05) is 6.07 Å². The van der Waals surface area contributed by atoms with E-state index in [9.17, 15) is 9.18 Å². The topological polar surface area (TPSA) is 50.4 Å². The summed E-state index contributed by atoms with van der Waals surface area (Å²) < 4.78 is 19.5. The lowest BCUT2D eigenvalue weighted by Gasteiger charge is -2.20. The Morgan fingerprint density at radius 3 is 3.05 bits per heavy atom. The van der Waals surface area contributed by atoms with Gasteiger partial charge in [-0.3, -0.25) is 4.79 Å². The van der Waals surface area contributed by atoms with Crippen molar-refractivity contribution in [1.82, 2.24) is 5.32 Å². The highest BCUT2D eigenvalue weighted by atomic mass is 35.5. The summed E-state index contributed by atoms with van der Waals surface area (Å²) in [6.07, 6.45) is 1.37. The number of nitrogens with one attached hydrogen (secondary N) is 2. The first kappa shape index (κ1) is 15.2. The molecule has 110 valence electrons. The second-order valence-corrected chi connectivity index (χ2v) is 5.04. The summed E-state index contributed by atoms with van der Waals surface area (Å²) in [7, 11) is 0. The predicted molar refractivity (Wildman–Crippen MR) is 76.6 cm³/mol. The lowest BCUT2D eigenvalue weighted by Crippen LogP contribution is -2.26. The Balaban J connectivity index is 0.00000147. The molecule has 6 heteroatoms. The van der Waals surface area contributed by atoms with E-state index in [0.29, 0.717) is 32.6 Å². The van der Waals surface area contributed by atoms with Crippen molar-refractivity contribution in [3.63, 3.8) is 0 Å². The van der Waals surface area contributed by atoms with E-state index in [-0.39, 0.29) is 35.7 Å². The van der Waals surface area contributed by atoms with Crippen LogP contribution in [0.15, 0.2) is 12.1 Å². The van der Waals surface area contributed by atoms with E-state index in [0.717, 1.165) is 17.7 Å². The Hall–Kier alpha value is -1.17. The van der Waals surface area contributed by atoms with Gasteiger partial charge in [0.15, 0.2) is 0 Å². The van der Waals surface area contributed by atoms with Crippen LogP contribution in [-0.2, 0) is 22.5 Å². The summed E-state index contributed by atoms with van der Waals surface area (Å²) >= 11 is 0. The first-order valence-corrected chi connectivity index (χ1v) is 6.65. The number of carbonyl (C=O) groups is 1. The van der Waals surface area contributed by atoms with Crippen molar-refractivity contribution in [1.29, 1.82) is 0 Å². The molecule has 0 aliphatic carbocycles. The number of hydrogen-bond acceptors (Lipinski definition) is 3. The number of rotatable bonds is 2. The Bertz CT molecular complexity index is 504. The number of hydrogen-bond donors (Lipinski definition) is 2. The summed E-state index contributed by atoms with van der Waals surface area (Å²) in [5, 5.41) is 5.89. The SMILES string of the molecule is Cl.O=C(Nc1ccc2c(c1F)CCNC2)C1CCOC1. The van der Waals surface area contributed by atoms with Gasteiger partial charge in [-0.05, 0) is 36.6 Å². The minimum atomic E-state index is -0.286. The molecule has 0 spiro atoms. The predicted octanol–water partition coefficient (Wildman–Crippen LogP) is 1.87. The van der Waals surface area contributed by atoms with Crippen molar-refractivity contribution >= 4 is 24.0 Å². The highest BCUT2D eigenvalue weighted by Gasteiger charge is 2.25. The van der Waals surface area contributed by atoms with Crippen molar-refractivity contribution in [2.24, 2.45) is 5.92 Å². The molecule has 20 heavy (non-hydrogen) atoms. The smallest absolute Gasteiger partial charge is 0.229 e. The standard InChI is InChI=1S/C14H17FN2O2.ClH/c15-13-11-3-5-16-7-9(11)1-2-12(13)17-14(18)10-4-6-19-8-10;/h1-2,10,16H,3-8H2,(H,17,18);1H. The molecule has 0 radical (unpaired) electrons. The molecule has 1 aromatic rings. The zero-order chi connectivity index (χ0) is 13.2. The molecule has 0 bridgehead atoms. The fraction of sp³-hybridized carbons (Fsp3) is 0.500. The maximum atomic E-state index is 14.3. The Morgan fingerprint density at radius 1 is 1.45 bits per heavy atom. The Labute approximate surface area is 123 Å². The molecule has 1 amide bonds. The van der Waals surface area contributed by atoms with Crippen LogP contribution in [-0.4, -0.2) is 25.7 Å². The molecule has 1 saturated heterocycles. The van der Waals surface area contributed by atoms with Gasteiger partial charge in [0.05, 0.1) is 18.2 Å². The Morgan fingerprint density at radius 2 is 2.30 bits per heavy atom. The number of fused-ring (bicyclic) bond motifs is 1. The van der Waals surface area contributed by atoms with Crippen LogP contribution in [0.1, 0.15) is 17.5 Å². The van der Waals surface area contributed by atoms with Crippen molar-refractivity contribution < 1.29 is 13.9 Å². The number of amides is 1. The van der Waals surface area contributed by atoms with Crippen LogP contribution in [0.2, 0.25) is 0 Å². The van der Waals surface area contributed by atoms with Crippen molar-refractivity contribution in [2.75, 3.05) is 25.1 Å². The minimum Gasteiger partial charge on any atom is -0.381 e. The monoisotopic (exact) mass is 300 g/mol. The minimum absolute atomic E-state index is 0. The normalized spacial score (nSPS) is 20.9. The number of anilines is 1. The molecule has 4 nitrogen and oxygen atoms in total. The molecule has 3 rings (SSSR count). The largest absolute Gasteiger partial charge is 0.381 e. The molecule has 2 heterocycles. The zero-order valence-corrected chi connectivity index (χ0v) is 11.9. The van der Waals surface area contributed by atoms with Gasteiger partial charge in [-0.15, -0.1) is 12.4 Å². The average Bonchev–Trinajstić information content (AvgIpc) is 2.96. The van der Waals surface area contributed by atoms with Gasteiger partial charge in [-0.1, -0.05) is 6.07 Å². The first-order valence-electron chi connectivity index (χ1n) is 6.65. The molecule has 0 saturated carbocycles. The van der Waals surface area contributed by atoms with Crippen LogP contribution in [0.5, 0.6) is 0 Å². The molecular weight excluding hydrogens is 283 g/mol. The van der Waals surface area contributed by atoms with Crippen LogP contribution in [0.4, 0.5) is 10.1 Å². The summed E-state index contributed by atoms with van der Waals surface area (Å²) in [4.78, 5) is 12.0. The number of ether oxygens (including phenoxy) is 1. The van der Waals surface area contributed by atoms with Crippen LogP contribution >= 0.6 is 12.4 Å². The van der Waals surface area contributed by atoms with E-state index >= 15 is 0 Å². The third kappa shape index (κ3) is 2.95. The number of halogens is 2. The quantitative estimate of drug-likeness (QED) is 0.877. The number of benzene rings is 1. The van der Waals surface area contributed by atoms with Crippen molar-refractivity contribution in [3.8, 4) is 0 Å². The van der Waals surface area contributed by atoms with Crippen molar-refractivity contribution in [3.05, 3.63) is 29.1 Å². The molecule has 2 aliphatic heterocycles. The molecule has 0 aromatic heterocycles. The second kappa shape index (κ2) is 6.52. The number of carbonyl (C=O) groups excluding carboxylic acids is 1.